The van der Waals surface area contributed by atoms with E-state index in [1.807, 2.05) is 30.3 Å². The van der Waals surface area contributed by atoms with Crippen LogP contribution in [0.15, 0.2) is 30.3 Å². The Labute approximate surface area is 148 Å². The molecule has 3 atom stereocenters. The summed E-state index contributed by atoms with van der Waals surface area (Å²) in [4.78, 5) is 27.3. The summed E-state index contributed by atoms with van der Waals surface area (Å²) in [6.07, 6.45) is 6.40. The normalized spacial score (nSPS) is 31.1. The van der Waals surface area contributed by atoms with Crippen LogP contribution in [0.2, 0.25) is 0 Å². The lowest BCUT2D eigenvalue weighted by molar-refractivity contribution is -0.125. The molecule has 1 aromatic carbocycles. The fraction of sp³-hybridized carbons (Fsp3) is 0.600. The molecule has 0 unspecified atom stereocenters. The fourth-order valence-corrected chi connectivity index (χ4v) is 4.76. The van der Waals surface area contributed by atoms with Gasteiger partial charge >= 0.3 is 0 Å². The molecule has 25 heavy (non-hydrogen) atoms. The first-order valence-corrected chi connectivity index (χ1v) is 9.45. The molecule has 5 nitrogen and oxygen atoms in total. The van der Waals surface area contributed by atoms with Gasteiger partial charge in [0.25, 0.3) is 5.91 Å². The highest BCUT2D eigenvalue weighted by atomic mass is 16.5. The standard InChI is InChI=1S/C20H26N2O3/c23-18(21-14-20-10-4-9-17(20)25-13-11-20)16-8-5-12-22(16)19(24)15-6-2-1-3-7-15/h1-3,6-7,16-17H,4-5,8-14H2,(H,21,23)/t16-,17-,20-/m1/s1. The lowest BCUT2D eigenvalue weighted by Gasteiger charge is -2.30. The van der Waals surface area contributed by atoms with Crippen LogP contribution in [-0.4, -0.2) is 48.6 Å². The van der Waals surface area contributed by atoms with E-state index in [0.29, 0.717) is 24.8 Å². The Hall–Kier alpha value is -1.88. The maximum Gasteiger partial charge on any atom is 0.254 e. The van der Waals surface area contributed by atoms with E-state index in [0.717, 1.165) is 38.7 Å². The van der Waals surface area contributed by atoms with Crippen molar-refractivity contribution in [1.82, 2.24) is 10.2 Å². The van der Waals surface area contributed by atoms with Crippen LogP contribution in [0, 0.1) is 5.41 Å². The summed E-state index contributed by atoms with van der Waals surface area (Å²) < 4.78 is 5.84. The molecule has 1 aliphatic carbocycles. The number of amides is 2. The van der Waals surface area contributed by atoms with E-state index < -0.39 is 0 Å². The zero-order valence-electron chi connectivity index (χ0n) is 14.6. The second-order valence-electron chi connectivity index (χ2n) is 7.60. The first kappa shape index (κ1) is 16.6. The largest absolute Gasteiger partial charge is 0.378 e. The molecule has 1 N–H and O–H groups in total. The van der Waals surface area contributed by atoms with Crippen molar-refractivity contribution in [2.24, 2.45) is 5.41 Å². The van der Waals surface area contributed by atoms with Gasteiger partial charge in [0, 0.05) is 30.7 Å². The molecule has 1 aromatic rings. The molecule has 1 saturated carbocycles. The van der Waals surface area contributed by atoms with Crippen molar-refractivity contribution in [2.45, 2.75) is 50.7 Å². The van der Waals surface area contributed by atoms with Gasteiger partial charge in [-0.05, 0) is 44.2 Å². The highest BCUT2D eigenvalue weighted by Gasteiger charge is 2.48. The maximum atomic E-state index is 12.8. The molecule has 2 saturated heterocycles. The fourth-order valence-electron chi connectivity index (χ4n) is 4.76. The van der Waals surface area contributed by atoms with Gasteiger partial charge < -0.3 is 15.0 Å². The van der Waals surface area contributed by atoms with Crippen LogP contribution in [0.3, 0.4) is 0 Å². The van der Waals surface area contributed by atoms with Crippen molar-refractivity contribution in [3.05, 3.63) is 35.9 Å². The minimum Gasteiger partial charge on any atom is -0.378 e. The molecular formula is C20H26N2O3. The number of likely N-dealkylation sites (tertiary alicyclic amines) is 1. The van der Waals surface area contributed by atoms with Crippen molar-refractivity contribution < 1.29 is 14.3 Å². The number of carbonyl (C=O) groups is 2. The van der Waals surface area contributed by atoms with E-state index in [1.165, 1.54) is 6.42 Å². The van der Waals surface area contributed by atoms with Crippen molar-refractivity contribution in [2.75, 3.05) is 19.7 Å². The molecular weight excluding hydrogens is 316 g/mol. The number of benzene rings is 1. The zero-order valence-corrected chi connectivity index (χ0v) is 14.6. The van der Waals surface area contributed by atoms with Gasteiger partial charge in [0.2, 0.25) is 5.91 Å². The molecule has 134 valence electrons. The molecule has 0 spiro atoms. The van der Waals surface area contributed by atoms with Crippen LogP contribution in [0.1, 0.15) is 48.9 Å². The van der Waals surface area contributed by atoms with E-state index in [9.17, 15) is 9.59 Å². The maximum absolute atomic E-state index is 12.8. The minimum absolute atomic E-state index is 0.00583. The van der Waals surface area contributed by atoms with Crippen LogP contribution in [-0.2, 0) is 9.53 Å². The minimum atomic E-state index is -0.341. The van der Waals surface area contributed by atoms with E-state index in [1.54, 1.807) is 4.90 Å². The van der Waals surface area contributed by atoms with Crippen LogP contribution in [0.4, 0.5) is 0 Å². The topological polar surface area (TPSA) is 58.6 Å². The van der Waals surface area contributed by atoms with Gasteiger partial charge in [-0.3, -0.25) is 9.59 Å². The Bertz CT molecular complexity index is 636. The average Bonchev–Trinajstić information content (AvgIpc) is 3.35. The predicted octanol–water partition coefficient (Wildman–Crippen LogP) is 2.37. The first-order valence-electron chi connectivity index (χ1n) is 9.45. The Morgan fingerprint density at radius 3 is 2.84 bits per heavy atom. The summed E-state index contributed by atoms with van der Waals surface area (Å²) in [5.74, 6) is -0.0481. The molecule has 2 heterocycles. The van der Waals surface area contributed by atoms with Crippen molar-refractivity contribution in [3.8, 4) is 0 Å². The summed E-state index contributed by atoms with van der Waals surface area (Å²) in [6.45, 7) is 2.14. The number of fused-ring (bicyclic) bond motifs is 1. The molecule has 3 fully saturated rings. The molecule has 3 aliphatic rings. The number of nitrogens with zero attached hydrogens (tertiary/aromatic N) is 1. The molecule has 0 bridgehead atoms. The number of hydrogen-bond acceptors (Lipinski definition) is 3. The third-order valence-electron chi connectivity index (χ3n) is 6.19. The van der Waals surface area contributed by atoms with E-state index in [4.69, 9.17) is 4.74 Å². The number of carbonyl (C=O) groups excluding carboxylic acids is 2. The molecule has 0 radical (unpaired) electrons. The summed E-state index contributed by atoms with van der Waals surface area (Å²) >= 11 is 0. The van der Waals surface area contributed by atoms with Gasteiger partial charge in [-0.15, -0.1) is 0 Å². The molecule has 4 rings (SSSR count). The highest BCUT2D eigenvalue weighted by Crippen LogP contribution is 2.46. The summed E-state index contributed by atoms with van der Waals surface area (Å²) in [7, 11) is 0. The predicted molar refractivity (Wildman–Crippen MR) is 94.2 cm³/mol. The van der Waals surface area contributed by atoms with Gasteiger partial charge in [-0.1, -0.05) is 24.6 Å². The van der Waals surface area contributed by atoms with Gasteiger partial charge in [0.1, 0.15) is 6.04 Å². The van der Waals surface area contributed by atoms with Gasteiger partial charge in [0.15, 0.2) is 0 Å². The monoisotopic (exact) mass is 342 g/mol. The second kappa shape index (κ2) is 6.79. The van der Waals surface area contributed by atoms with Crippen molar-refractivity contribution >= 4 is 11.8 Å². The van der Waals surface area contributed by atoms with E-state index in [-0.39, 0.29) is 23.3 Å². The number of rotatable bonds is 4. The molecule has 2 amide bonds. The van der Waals surface area contributed by atoms with E-state index >= 15 is 0 Å². The molecule has 0 aromatic heterocycles. The van der Waals surface area contributed by atoms with Crippen LogP contribution < -0.4 is 5.32 Å². The smallest absolute Gasteiger partial charge is 0.254 e. The Morgan fingerprint density at radius 2 is 2.00 bits per heavy atom. The van der Waals surface area contributed by atoms with Crippen molar-refractivity contribution in [1.29, 1.82) is 0 Å². The third kappa shape index (κ3) is 3.06. The Kier molecular flexibility index (Phi) is 4.50. The number of ether oxygens (including phenoxy) is 1. The summed E-state index contributed by atoms with van der Waals surface area (Å²) in [6, 6.07) is 8.90. The summed E-state index contributed by atoms with van der Waals surface area (Å²) in [5.41, 5.74) is 0.781. The number of nitrogens with one attached hydrogen (secondary N) is 1. The van der Waals surface area contributed by atoms with Gasteiger partial charge in [-0.25, -0.2) is 0 Å². The Morgan fingerprint density at radius 1 is 1.16 bits per heavy atom. The average molecular weight is 342 g/mol. The zero-order chi connectivity index (χ0) is 17.3. The quantitative estimate of drug-likeness (QED) is 0.914. The SMILES string of the molecule is O=C(NC[C@]12CCC[C@H]1OCC2)[C@H]1CCCN1C(=O)c1ccccc1. The lowest BCUT2D eigenvalue weighted by Crippen LogP contribution is -2.49. The second-order valence-corrected chi connectivity index (χ2v) is 7.60. The van der Waals surface area contributed by atoms with Gasteiger partial charge in [0.05, 0.1) is 6.10 Å². The lowest BCUT2D eigenvalue weighted by atomic mass is 9.82. The van der Waals surface area contributed by atoms with E-state index in [2.05, 4.69) is 5.32 Å². The molecule has 5 heteroatoms. The van der Waals surface area contributed by atoms with Crippen LogP contribution >= 0.6 is 0 Å². The third-order valence-corrected chi connectivity index (χ3v) is 6.19. The number of hydrogen-bond donors (Lipinski definition) is 1. The highest BCUT2D eigenvalue weighted by molar-refractivity contribution is 5.97. The van der Waals surface area contributed by atoms with Crippen LogP contribution in [0.5, 0.6) is 0 Å². The first-order chi connectivity index (χ1) is 12.2. The van der Waals surface area contributed by atoms with Crippen LogP contribution in [0.25, 0.3) is 0 Å². The Balaban J connectivity index is 1.40. The van der Waals surface area contributed by atoms with Gasteiger partial charge in [-0.2, -0.15) is 0 Å². The summed E-state index contributed by atoms with van der Waals surface area (Å²) in [5, 5.41) is 3.15. The van der Waals surface area contributed by atoms with Crippen molar-refractivity contribution in [3.63, 3.8) is 0 Å². The molecule has 2 aliphatic heterocycles.